The minimum absolute atomic E-state index is 0.301. The molecule has 12 heavy (non-hydrogen) atoms. The maximum absolute atomic E-state index is 8.86. The van der Waals surface area contributed by atoms with Crippen molar-refractivity contribution >= 4 is 0 Å². The molecule has 1 heterocycles. The SMILES string of the molecule is CC1CN(C)CC(CCO)N1C. The number of aliphatic hydroxyl groups excluding tert-OH is 1. The zero-order chi connectivity index (χ0) is 9.14. The van der Waals surface area contributed by atoms with Crippen LogP contribution in [0.5, 0.6) is 0 Å². The van der Waals surface area contributed by atoms with E-state index >= 15 is 0 Å². The fourth-order valence-electron chi connectivity index (χ4n) is 1.95. The van der Waals surface area contributed by atoms with Crippen LogP contribution in [0.15, 0.2) is 0 Å². The Kier molecular flexibility index (Phi) is 3.50. The first-order valence-electron chi connectivity index (χ1n) is 4.66. The van der Waals surface area contributed by atoms with Crippen molar-refractivity contribution in [2.75, 3.05) is 33.8 Å². The van der Waals surface area contributed by atoms with Crippen LogP contribution in [0.4, 0.5) is 0 Å². The predicted molar refractivity (Wildman–Crippen MR) is 50.2 cm³/mol. The molecule has 0 spiro atoms. The monoisotopic (exact) mass is 172 g/mol. The largest absolute Gasteiger partial charge is 0.396 e. The van der Waals surface area contributed by atoms with Crippen molar-refractivity contribution in [3.05, 3.63) is 0 Å². The Morgan fingerprint density at radius 2 is 2.00 bits per heavy atom. The van der Waals surface area contributed by atoms with Gasteiger partial charge in [0, 0.05) is 31.8 Å². The number of piperazine rings is 1. The third-order valence-corrected chi connectivity index (χ3v) is 2.83. The van der Waals surface area contributed by atoms with Gasteiger partial charge in [0.25, 0.3) is 0 Å². The maximum Gasteiger partial charge on any atom is 0.0446 e. The predicted octanol–water partition coefficient (Wildman–Crippen LogP) is 0.00310. The maximum atomic E-state index is 8.86. The number of hydrogen-bond donors (Lipinski definition) is 1. The zero-order valence-corrected chi connectivity index (χ0v) is 8.32. The summed E-state index contributed by atoms with van der Waals surface area (Å²) < 4.78 is 0. The summed E-state index contributed by atoms with van der Waals surface area (Å²) in [5, 5.41) is 8.86. The average Bonchev–Trinajstić information content (AvgIpc) is 2.00. The van der Waals surface area contributed by atoms with Crippen LogP contribution < -0.4 is 0 Å². The second-order valence-electron chi connectivity index (χ2n) is 3.90. The Balaban J connectivity index is 2.47. The summed E-state index contributed by atoms with van der Waals surface area (Å²) in [5.74, 6) is 0. The Hall–Kier alpha value is -0.120. The van der Waals surface area contributed by atoms with E-state index in [1.54, 1.807) is 0 Å². The summed E-state index contributed by atoms with van der Waals surface area (Å²) in [6.07, 6.45) is 0.894. The zero-order valence-electron chi connectivity index (χ0n) is 8.32. The van der Waals surface area contributed by atoms with Crippen LogP contribution in [0.3, 0.4) is 0 Å². The van der Waals surface area contributed by atoms with Crippen LogP contribution in [0.1, 0.15) is 13.3 Å². The van der Waals surface area contributed by atoms with Crippen LogP contribution in [0, 0.1) is 0 Å². The van der Waals surface area contributed by atoms with Crippen LogP contribution in [-0.4, -0.2) is 60.8 Å². The molecule has 1 saturated heterocycles. The van der Waals surface area contributed by atoms with E-state index in [0.29, 0.717) is 18.7 Å². The fourth-order valence-corrected chi connectivity index (χ4v) is 1.95. The van der Waals surface area contributed by atoms with Gasteiger partial charge in [0.1, 0.15) is 0 Å². The molecule has 0 aromatic carbocycles. The quantitative estimate of drug-likeness (QED) is 0.635. The van der Waals surface area contributed by atoms with Gasteiger partial charge in [-0.3, -0.25) is 4.90 Å². The summed E-state index contributed by atoms with van der Waals surface area (Å²) in [4.78, 5) is 4.71. The molecule has 1 fully saturated rings. The molecule has 0 aromatic heterocycles. The summed E-state index contributed by atoms with van der Waals surface area (Å²) >= 11 is 0. The van der Waals surface area contributed by atoms with E-state index in [0.717, 1.165) is 19.5 Å². The van der Waals surface area contributed by atoms with E-state index in [1.165, 1.54) is 0 Å². The van der Waals surface area contributed by atoms with Crippen LogP contribution in [0.25, 0.3) is 0 Å². The Bertz CT molecular complexity index is 140. The summed E-state index contributed by atoms with van der Waals surface area (Å²) in [5.41, 5.74) is 0. The number of likely N-dealkylation sites (N-methyl/N-ethyl adjacent to an activating group) is 2. The molecule has 1 aliphatic rings. The molecule has 1 aliphatic heterocycles. The van der Waals surface area contributed by atoms with Crippen molar-refractivity contribution in [2.24, 2.45) is 0 Å². The van der Waals surface area contributed by atoms with Gasteiger partial charge in [-0.05, 0) is 27.4 Å². The van der Waals surface area contributed by atoms with E-state index in [-0.39, 0.29) is 0 Å². The Morgan fingerprint density at radius 3 is 2.58 bits per heavy atom. The van der Waals surface area contributed by atoms with Gasteiger partial charge in [0.05, 0.1) is 0 Å². The lowest BCUT2D eigenvalue weighted by molar-refractivity contribution is 0.0524. The highest BCUT2D eigenvalue weighted by atomic mass is 16.3. The number of rotatable bonds is 2. The molecule has 72 valence electrons. The molecule has 0 radical (unpaired) electrons. The Morgan fingerprint density at radius 1 is 1.33 bits per heavy atom. The Labute approximate surface area is 75.0 Å². The summed E-state index contributed by atoms with van der Waals surface area (Å²) in [6.45, 7) is 4.76. The normalized spacial score (nSPS) is 34.0. The molecular weight excluding hydrogens is 152 g/mol. The molecular formula is C9H20N2O. The first-order valence-corrected chi connectivity index (χ1v) is 4.66. The van der Waals surface area contributed by atoms with E-state index in [4.69, 9.17) is 5.11 Å². The first kappa shape index (κ1) is 9.96. The highest BCUT2D eigenvalue weighted by Crippen LogP contribution is 2.14. The minimum Gasteiger partial charge on any atom is -0.396 e. The molecule has 0 aliphatic carbocycles. The minimum atomic E-state index is 0.301. The van der Waals surface area contributed by atoms with E-state index in [2.05, 4.69) is 30.8 Å². The van der Waals surface area contributed by atoms with Gasteiger partial charge < -0.3 is 10.0 Å². The van der Waals surface area contributed by atoms with Gasteiger partial charge in [0.15, 0.2) is 0 Å². The van der Waals surface area contributed by atoms with Gasteiger partial charge in [-0.25, -0.2) is 0 Å². The summed E-state index contributed by atoms with van der Waals surface area (Å²) in [6, 6.07) is 1.14. The second-order valence-corrected chi connectivity index (χ2v) is 3.90. The van der Waals surface area contributed by atoms with Gasteiger partial charge >= 0.3 is 0 Å². The van der Waals surface area contributed by atoms with Crippen molar-refractivity contribution in [3.63, 3.8) is 0 Å². The molecule has 0 amide bonds. The topological polar surface area (TPSA) is 26.7 Å². The van der Waals surface area contributed by atoms with Gasteiger partial charge in [-0.2, -0.15) is 0 Å². The van der Waals surface area contributed by atoms with Gasteiger partial charge in [-0.1, -0.05) is 0 Å². The van der Waals surface area contributed by atoms with Crippen molar-refractivity contribution in [2.45, 2.75) is 25.4 Å². The molecule has 0 aromatic rings. The fraction of sp³-hybridized carbons (Fsp3) is 1.00. The lowest BCUT2D eigenvalue weighted by Crippen LogP contribution is -2.54. The smallest absolute Gasteiger partial charge is 0.0446 e. The number of hydrogen-bond acceptors (Lipinski definition) is 3. The molecule has 3 nitrogen and oxygen atoms in total. The standard InChI is InChI=1S/C9H20N2O/c1-8-6-10(2)7-9(4-5-12)11(8)3/h8-9,12H,4-7H2,1-3H3. The highest BCUT2D eigenvalue weighted by Gasteiger charge is 2.26. The second kappa shape index (κ2) is 4.21. The highest BCUT2D eigenvalue weighted by molar-refractivity contribution is 4.83. The molecule has 0 saturated carbocycles. The average molecular weight is 172 g/mol. The van der Waals surface area contributed by atoms with Crippen LogP contribution >= 0.6 is 0 Å². The third-order valence-electron chi connectivity index (χ3n) is 2.83. The molecule has 0 bridgehead atoms. The van der Waals surface area contributed by atoms with E-state index in [9.17, 15) is 0 Å². The number of nitrogens with zero attached hydrogens (tertiary/aromatic N) is 2. The van der Waals surface area contributed by atoms with Crippen LogP contribution in [-0.2, 0) is 0 Å². The van der Waals surface area contributed by atoms with Gasteiger partial charge in [-0.15, -0.1) is 0 Å². The van der Waals surface area contributed by atoms with Crippen molar-refractivity contribution in [3.8, 4) is 0 Å². The van der Waals surface area contributed by atoms with Crippen molar-refractivity contribution in [1.29, 1.82) is 0 Å². The third kappa shape index (κ3) is 2.19. The molecule has 1 N–H and O–H groups in total. The van der Waals surface area contributed by atoms with Gasteiger partial charge in [0.2, 0.25) is 0 Å². The summed E-state index contributed by atoms with van der Waals surface area (Å²) in [7, 11) is 4.30. The van der Waals surface area contributed by atoms with E-state index in [1.807, 2.05) is 0 Å². The molecule has 3 heteroatoms. The van der Waals surface area contributed by atoms with Crippen molar-refractivity contribution in [1.82, 2.24) is 9.80 Å². The first-order chi connectivity index (χ1) is 5.65. The van der Waals surface area contributed by atoms with Crippen molar-refractivity contribution < 1.29 is 5.11 Å². The molecule has 2 atom stereocenters. The molecule has 1 rings (SSSR count). The number of aliphatic hydroxyl groups is 1. The van der Waals surface area contributed by atoms with E-state index < -0.39 is 0 Å². The lowest BCUT2D eigenvalue weighted by Gasteiger charge is -2.42. The van der Waals surface area contributed by atoms with Crippen LogP contribution in [0.2, 0.25) is 0 Å². The lowest BCUT2D eigenvalue weighted by atomic mass is 10.1. The molecule has 2 unspecified atom stereocenters.